The minimum absolute atomic E-state index is 0.205. The molecule has 3 nitrogen and oxygen atoms in total. The Morgan fingerprint density at radius 3 is 2.86 bits per heavy atom. The average molecular weight is 207 g/mol. The molecule has 14 heavy (non-hydrogen) atoms. The van der Waals surface area contributed by atoms with E-state index in [1.54, 1.807) is 18.3 Å². The quantitative estimate of drug-likeness (QED) is 0.823. The standard InChI is InChI=1S/C10H9NO2S/c1-7-4-8(12)6-9(5-7)13-10-11-2-3-14-10/h2-6,12H,1H3. The number of aromatic nitrogens is 1. The largest absolute Gasteiger partial charge is 0.508 e. The molecule has 72 valence electrons. The van der Waals surface area contributed by atoms with Crippen molar-refractivity contribution in [3.05, 3.63) is 35.3 Å². The second kappa shape index (κ2) is 3.67. The van der Waals surface area contributed by atoms with Crippen LogP contribution in [0.1, 0.15) is 5.56 Å². The van der Waals surface area contributed by atoms with Crippen molar-refractivity contribution in [1.82, 2.24) is 4.98 Å². The van der Waals surface area contributed by atoms with Crippen LogP contribution in [0, 0.1) is 6.92 Å². The Bertz CT molecular complexity index is 405. The lowest BCUT2D eigenvalue weighted by Gasteiger charge is -2.03. The van der Waals surface area contributed by atoms with Crippen molar-refractivity contribution in [2.24, 2.45) is 0 Å². The first-order valence-electron chi connectivity index (χ1n) is 4.12. The molecule has 0 fully saturated rings. The third-order valence-electron chi connectivity index (χ3n) is 1.65. The Kier molecular flexibility index (Phi) is 2.37. The summed E-state index contributed by atoms with van der Waals surface area (Å²) in [5.74, 6) is 0.814. The summed E-state index contributed by atoms with van der Waals surface area (Å²) in [6, 6.07) is 5.09. The van der Waals surface area contributed by atoms with Crippen molar-refractivity contribution in [3.8, 4) is 16.7 Å². The predicted octanol–water partition coefficient (Wildman–Crippen LogP) is 2.95. The number of aromatic hydroxyl groups is 1. The molecule has 0 amide bonds. The summed E-state index contributed by atoms with van der Waals surface area (Å²) in [6.07, 6.45) is 1.68. The lowest BCUT2D eigenvalue weighted by molar-refractivity contribution is 0.453. The number of hydrogen-bond donors (Lipinski definition) is 1. The van der Waals surface area contributed by atoms with Crippen LogP contribution >= 0.6 is 11.3 Å². The molecule has 0 aliphatic rings. The first-order chi connectivity index (χ1) is 6.74. The first kappa shape index (κ1) is 9.02. The van der Waals surface area contributed by atoms with Crippen LogP contribution in [0.25, 0.3) is 0 Å². The third-order valence-corrected chi connectivity index (χ3v) is 2.30. The molecule has 0 unspecified atom stereocenters. The molecule has 0 atom stereocenters. The van der Waals surface area contributed by atoms with Crippen molar-refractivity contribution >= 4 is 11.3 Å². The monoisotopic (exact) mass is 207 g/mol. The zero-order valence-corrected chi connectivity index (χ0v) is 8.41. The van der Waals surface area contributed by atoms with Crippen LogP contribution < -0.4 is 4.74 Å². The van der Waals surface area contributed by atoms with Crippen LogP contribution in [0.2, 0.25) is 0 Å². The van der Waals surface area contributed by atoms with Crippen molar-refractivity contribution in [2.45, 2.75) is 6.92 Å². The van der Waals surface area contributed by atoms with Gasteiger partial charge in [0.25, 0.3) is 5.19 Å². The molecule has 1 aromatic carbocycles. The number of ether oxygens (including phenoxy) is 1. The van der Waals surface area contributed by atoms with E-state index in [-0.39, 0.29) is 5.75 Å². The van der Waals surface area contributed by atoms with Gasteiger partial charge in [-0.25, -0.2) is 4.98 Å². The Labute approximate surface area is 85.6 Å². The van der Waals surface area contributed by atoms with Crippen LogP contribution in [-0.2, 0) is 0 Å². The van der Waals surface area contributed by atoms with E-state index in [0.29, 0.717) is 10.9 Å². The molecule has 2 rings (SSSR count). The highest BCUT2D eigenvalue weighted by atomic mass is 32.1. The highest BCUT2D eigenvalue weighted by Gasteiger charge is 2.01. The number of benzene rings is 1. The molecule has 1 aromatic heterocycles. The van der Waals surface area contributed by atoms with Gasteiger partial charge in [0.15, 0.2) is 0 Å². The first-order valence-corrected chi connectivity index (χ1v) is 5.00. The Balaban J connectivity index is 2.25. The van der Waals surface area contributed by atoms with Crippen molar-refractivity contribution in [2.75, 3.05) is 0 Å². The summed E-state index contributed by atoms with van der Waals surface area (Å²) in [5.41, 5.74) is 0.955. The zero-order chi connectivity index (χ0) is 9.97. The molecule has 2 aromatic rings. The molecular weight excluding hydrogens is 198 g/mol. The molecule has 4 heteroatoms. The van der Waals surface area contributed by atoms with Gasteiger partial charge in [0.1, 0.15) is 11.5 Å². The number of nitrogens with zero attached hydrogens (tertiary/aromatic N) is 1. The number of hydrogen-bond acceptors (Lipinski definition) is 4. The molecule has 1 N–H and O–H groups in total. The van der Waals surface area contributed by atoms with E-state index in [4.69, 9.17) is 4.74 Å². The maximum absolute atomic E-state index is 9.33. The molecule has 0 saturated carbocycles. The Morgan fingerprint density at radius 2 is 2.21 bits per heavy atom. The van der Waals surface area contributed by atoms with Crippen LogP contribution in [0.15, 0.2) is 29.8 Å². The van der Waals surface area contributed by atoms with E-state index in [9.17, 15) is 5.11 Å². The van der Waals surface area contributed by atoms with Crippen molar-refractivity contribution in [1.29, 1.82) is 0 Å². The molecule has 0 spiro atoms. The van der Waals surface area contributed by atoms with Gasteiger partial charge in [0.05, 0.1) is 0 Å². The van der Waals surface area contributed by atoms with Gasteiger partial charge in [-0.3, -0.25) is 0 Å². The van der Waals surface area contributed by atoms with Crippen LogP contribution in [0.3, 0.4) is 0 Å². The van der Waals surface area contributed by atoms with E-state index in [2.05, 4.69) is 4.98 Å². The van der Waals surface area contributed by atoms with E-state index in [1.165, 1.54) is 11.3 Å². The second-order valence-electron chi connectivity index (χ2n) is 2.90. The highest BCUT2D eigenvalue weighted by molar-refractivity contribution is 7.11. The summed E-state index contributed by atoms with van der Waals surface area (Å²) >= 11 is 1.41. The highest BCUT2D eigenvalue weighted by Crippen LogP contribution is 2.27. The summed E-state index contributed by atoms with van der Waals surface area (Å²) < 4.78 is 5.43. The summed E-state index contributed by atoms with van der Waals surface area (Å²) in [6.45, 7) is 1.90. The van der Waals surface area contributed by atoms with Gasteiger partial charge in [-0.2, -0.15) is 0 Å². The van der Waals surface area contributed by atoms with E-state index < -0.39 is 0 Å². The predicted molar refractivity (Wildman–Crippen MR) is 55.0 cm³/mol. The zero-order valence-electron chi connectivity index (χ0n) is 7.60. The van der Waals surface area contributed by atoms with Crippen molar-refractivity contribution in [3.63, 3.8) is 0 Å². The lowest BCUT2D eigenvalue weighted by Crippen LogP contribution is -1.83. The number of thiazole rings is 1. The number of phenolic OH excluding ortho intramolecular Hbond substituents is 1. The maximum atomic E-state index is 9.33. The van der Waals surface area contributed by atoms with Gasteiger partial charge < -0.3 is 9.84 Å². The lowest BCUT2D eigenvalue weighted by atomic mass is 10.2. The molecule has 1 heterocycles. The fourth-order valence-electron chi connectivity index (χ4n) is 1.15. The summed E-state index contributed by atoms with van der Waals surface area (Å²) in [5, 5.41) is 11.7. The number of rotatable bonds is 2. The topological polar surface area (TPSA) is 42.4 Å². The molecule has 0 saturated heterocycles. The van der Waals surface area contributed by atoms with Gasteiger partial charge in [-0.15, -0.1) is 0 Å². The Hall–Kier alpha value is -1.55. The van der Waals surface area contributed by atoms with Gasteiger partial charge in [-0.05, 0) is 24.6 Å². The summed E-state index contributed by atoms with van der Waals surface area (Å²) in [7, 11) is 0. The second-order valence-corrected chi connectivity index (χ2v) is 3.76. The van der Waals surface area contributed by atoms with E-state index in [0.717, 1.165) is 5.56 Å². The van der Waals surface area contributed by atoms with Gasteiger partial charge in [0.2, 0.25) is 0 Å². The summed E-state index contributed by atoms with van der Waals surface area (Å²) in [4.78, 5) is 3.99. The third kappa shape index (κ3) is 2.03. The van der Waals surface area contributed by atoms with E-state index >= 15 is 0 Å². The van der Waals surface area contributed by atoms with Gasteiger partial charge >= 0.3 is 0 Å². The Morgan fingerprint density at radius 1 is 1.36 bits per heavy atom. The van der Waals surface area contributed by atoms with Gasteiger partial charge in [-0.1, -0.05) is 11.3 Å². The van der Waals surface area contributed by atoms with Crippen LogP contribution in [0.5, 0.6) is 16.7 Å². The van der Waals surface area contributed by atoms with Crippen LogP contribution in [0.4, 0.5) is 0 Å². The normalized spacial score (nSPS) is 10.1. The molecule has 0 radical (unpaired) electrons. The van der Waals surface area contributed by atoms with Crippen molar-refractivity contribution < 1.29 is 9.84 Å². The average Bonchev–Trinajstić information content (AvgIpc) is 2.54. The fourth-order valence-corrected chi connectivity index (χ4v) is 1.65. The molecule has 0 aliphatic heterocycles. The van der Waals surface area contributed by atoms with Crippen LogP contribution in [-0.4, -0.2) is 10.1 Å². The molecule has 0 bridgehead atoms. The maximum Gasteiger partial charge on any atom is 0.278 e. The minimum atomic E-state index is 0.205. The molecular formula is C10H9NO2S. The van der Waals surface area contributed by atoms with E-state index in [1.807, 2.05) is 18.4 Å². The minimum Gasteiger partial charge on any atom is -0.508 e. The SMILES string of the molecule is Cc1cc(O)cc(Oc2nccs2)c1. The fraction of sp³-hybridized carbons (Fsp3) is 0.100. The smallest absolute Gasteiger partial charge is 0.278 e. The number of phenols is 1. The number of aryl methyl sites for hydroxylation is 1. The van der Waals surface area contributed by atoms with Gasteiger partial charge in [0, 0.05) is 17.6 Å². The molecule has 0 aliphatic carbocycles.